The number of rotatable bonds is 5. The molecule has 1 aromatic rings. The van der Waals surface area contributed by atoms with Crippen LogP contribution in [0.5, 0.6) is 0 Å². The fourth-order valence-electron chi connectivity index (χ4n) is 3.68. The predicted octanol–water partition coefficient (Wildman–Crippen LogP) is 0.579. The van der Waals surface area contributed by atoms with Gasteiger partial charge in [-0.25, -0.2) is 4.68 Å². The second kappa shape index (κ2) is 6.07. The van der Waals surface area contributed by atoms with Crippen LogP contribution < -0.4 is 10.9 Å². The normalized spacial score (nSPS) is 25.9. The molecular formula is C17H24N4O2. The number of likely N-dealkylation sites (tertiary alicyclic amines) is 1. The maximum absolute atomic E-state index is 12.0. The minimum absolute atomic E-state index is 0.0165. The van der Waals surface area contributed by atoms with Crippen LogP contribution in [0.15, 0.2) is 16.9 Å². The van der Waals surface area contributed by atoms with Gasteiger partial charge in [-0.3, -0.25) is 9.59 Å². The van der Waals surface area contributed by atoms with Crippen LogP contribution in [-0.4, -0.2) is 46.8 Å². The van der Waals surface area contributed by atoms with Crippen molar-refractivity contribution in [1.82, 2.24) is 20.0 Å². The number of carbonyl (C=O) groups excluding carboxylic acids is 1. The summed E-state index contributed by atoms with van der Waals surface area (Å²) in [5.74, 6) is 1.87. The molecule has 2 aliphatic heterocycles. The van der Waals surface area contributed by atoms with Gasteiger partial charge in [0, 0.05) is 50.5 Å². The number of carbonyl (C=O) groups is 1. The highest BCUT2D eigenvalue weighted by atomic mass is 16.1. The third kappa shape index (κ3) is 3.47. The van der Waals surface area contributed by atoms with Crippen LogP contribution in [0.1, 0.15) is 37.3 Å². The highest BCUT2D eigenvalue weighted by Gasteiger charge is 2.31. The van der Waals surface area contributed by atoms with Gasteiger partial charge in [0.1, 0.15) is 0 Å². The number of amides is 1. The molecule has 1 N–H and O–H groups in total. The van der Waals surface area contributed by atoms with Crippen LogP contribution in [-0.2, 0) is 11.3 Å². The topological polar surface area (TPSA) is 67.2 Å². The Morgan fingerprint density at radius 2 is 1.91 bits per heavy atom. The molecule has 1 atom stereocenters. The molecule has 3 aliphatic rings. The summed E-state index contributed by atoms with van der Waals surface area (Å²) in [6.45, 7) is 4.67. The van der Waals surface area contributed by atoms with Crippen LogP contribution >= 0.6 is 0 Å². The van der Waals surface area contributed by atoms with Crippen molar-refractivity contribution in [3.05, 3.63) is 28.2 Å². The maximum atomic E-state index is 12.0. The Bertz CT molecular complexity index is 636. The molecule has 1 aromatic heterocycles. The van der Waals surface area contributed by atoms with E-state index in [1.54, 1.807) is 10.7 Å². The van der Waals surface area contributed by atoms with Gasteiger partial charge in [0.25, 0.3) is 5.56 Å². The maximum Gasteiger partial charge on any atom is 0.266 e. The van der Waals surface area contributed by atoms with Crippen LogP contribution in [0, 0.1) is 11.8 Å². The minimum Gasteiger partial charge on any atom is -0.356 e. The first-order valence-corrected chi connectivity index (χ1v) is 8.74. The smallest absolute Gasteiger partial charge is 0.266 e. The summed E-state index contributed by atoms with van der Waals surface area (Å²) in [5, 5.41) is 7.49. The Morgan fingerprint density at radius 1 is 1.09 bits per heavy atom. The largest absolute Gasteiger partial charge is 0.356 e. The quantitative estimate of drug-likeness (QED) is 0.863. The Morgan fingerprint density at radius 3 is 2.61 bits per heavy atom. The number of nitrogens with zero attached hydrogens (tertiary/aromatic N) is 3. The predicted molar refractivity (Wildman–Crippen MR) is 86.1 cm³/mol. The molecule has 124 valence electrons. The van der Waals surface area contributed by atoms with Gasteiger partial charge in [-0.2, -0.15) is 5.10 Å². The van der Waals surface area contributed by atoms with Crippen LogP contribution in [0.3, 0.4) is 0 Å². The molecule has 4 rings (SSSR count). The first-order chi connectivity index (χ1) is 11.2. The third-order valence-electron chi connectivity index (χ3n) is 5.23. The molecule has 1 aliphatic carbocycles. The number of hydrogen-bond acceptors (Lipinski definition) is 4. The van der Waals surface area contributed by atoms with E-state index < -0.39 is 0 Å². The summed E-state index contributed by atoms with van der Waals surface area (Å²) in [6.07, 6.45) is 4.08. The number of nitrogens with one attached hydrogen (secondary N) is 1. The second-order valence-electron chi connectivity index (χ2n) is 7.35. The van der Waals surface area contributed by atoms with E-state index in [9.17, 15) is 9.59 Å². The van der Waals surface area contributed by atoms with Crippen LogP contribution in [0.2, 0.25) is 0 Å². The molecule has 0 bridgehead atoms. The molecule has 0 aromatic carbocycles. The molecule has 23 heavy (non-hydrogen) atoms. The molecule has 6 heteroatoms. The highest BCUT2D eigenvalue weighted by Crippen LogP contribution is 2.38. The van der Waals surface area contributed by atoms with E-state index in [0.717, 1.165) is 44.8 Å². The van der Waals surface area contributed by atoms with Gasteiger partial charge in [0.2, 0.25) is 5.91 Å². The first-order valence-electron chi connectivity index (χ1n) is 8.74. The Balaban J connectivity index is 1.27. The third-order valence-corrected chi connectivity index (χ3v) is 5.23. The van der Waals surface area contributed by atoms with Gasteiger partial charge in [-0.15, -0.1) is 0 Å². The van der Waals surface area contributed by atoms with Gasteiger partial charge in [-0.1, -0.05) is 0 Å². The average molecular weight is 316 g/mol. The van der Waals surface area contributed by atoms with Crippen molar-refractivity contribution in [3.63, 3.8) is 0 Å². The summed E-state index contributed by atoms with van der Waals surface area (Å²) < 4.78 is 1.66. The van der Waals surface area contributed by atoms with Crippen molar-refractivity contribution in [1.29, 1.82) is 0 Å². The number of hydrogen-bond donors (Lipinski definition) is 1. The Kier molecular flexibility index (Phi) is 3.93. The zero-order chi connectivity index (χ0) is 15.8. The zero-order valence-corrected chi connectivity index (χ0v) is 13.4. The lowest BCUT2D eigenvalue weighted by Gasteiger charge is -2.41. The van der Waals surface area contributed by atoms with Crippen molar-refractivity contribution in [2.45, 2.75) is 38.1 Å². The zero-order valence-electron chi connectivity index (χ0n) is 13.4. The number of piperidine rings is 1. The van der Waals surface area contributed by atoms with Crippen molar-refractivity contribution in [2.75, 3.05) is 26.2 Å². The molecule has 2 saturated heterocycles. The van der Waals surface area contributed by atoms with Gasteiger partial charge in [0.05, 0.1) is 12.2 Å². The van der Waals surface area contributed by atoms with Crippen molar-refractivity contribution in [2.24, 2.45) is 11.8 Å². The molecule has 6 nitrogen and oxygen atoms in total. The van der Waals surface area contributed by atoms with E-state index in [2.05, 4.69) is 15.3 Å². The highest BCUT2D eigenvalue weighted by molar-refractivity contribution is 5.76. The van der Waals surface area contributed by atoms with Crippen LogP contribution in [0.25, 0.3) is 0 Å². The molecule has 0 spiro atoms. The molecular weight excluding hydrogens is 292 g/mol. The van der Waals surface area contributed by atoms with Crippen molar-refractivity contribution < 1.29 is 4.79 Å². The second-order valence-corrected chi connectivity index (χ2v) is 7.35. The average Bonchev–Trinajstić information content (AvgIpc) is 3.34. The minimum atomic E-state index is 0.0165. The lowest BCUT2D eigenvalue weighted by Crippen LogP contribution is -2.52. The molecule has 1 unspecified atom stereocenters. The fraction of sp³-hybridized carbons (Fsp3) is 0.706. The summed E-state index contributed by atoms with van der Waals surface area (Å²) in [5.41, 5.74) is 1.10. The van der Waals surface area contributed by atoms with Crippen molar-refractivity contribution in [3.8, 4) is 0 Å². The van der Waals surface area contributed by atoms with Gasteiger partial charge in [0.15, 0.2) is 0 Å². The Hall–Kier alpha value is -1.69. The van der Waals surface area contributed by atoms with E-state index >= 15 is 0 Å². The first kappa shape index (κ1) is 14.9. The summed E-state index contributed by atoms with van der Waals surface area (Å²) >= 11 is 0. The van der Waals surface area contributed by atoms with E-state index in [0.29, 0.717) is 24.2 Å². The van der Waals surface area contributed by atoms with E-state index in [1.165, 1.54) is 12.8 Å². The molecule has 3 heterocycles. The molecule has 0 radical (unpaired) electrons. The van der Waals surface area contributed by atoms with E-state index in [1.807, 2.05) is 6.07 Å². The van der Waals surface area contributed by atoms with Gasteiger partial charge in [-0.05, 0) is 31.2 Å². The molecule has 1 saturated carbocycles. The lowest BCUT2D eigenvalue weighted by atomic mass is 9.94. The number of aromatic nitrogens is 2. The fourth-order valence-corrected chi connectivity index (χ4v) is 3.68. The Labute approximate surface area is 135 Å². The SMILES string of the molecule is O=C1CCC(CN2CC(Cn3nc(C4CC4)ccc3=O)C2)CN1. The van der Waals surface area contributed by atoms with Crippen molar-refractivity contribution >= 4 is 5.91 Å². The standard InChI is InChI=1S/C17H24N4O2/c22-16-5-1-12(7-18-16)8-20-9-13(10-20)11-21-17(23)6-4-15(19-21)14-2-3-14/h4,6,12-14H,1-3,5,7-11H2,(H,18,22). The van der Waals surface area contributed by atoms with E-state index in [-0.39, 0.29) is 11.5 Å². The van der Waals surface area contributed by atoms with Gasteiger partial charge >= 0.3 is 0 Å². The van der Waals surface area contributed by atoms with Crippen LogP contribution in [0.4, 0.5) is 0 Å². The summed E-state index contributed by atoms with van der Waals surface area (Å²) in [4.78, 5) is 25.6. The van der Waals surface area contributed by atoms with Gasteiger partial charge < -0.3 is 10.2 Å². The van der Waals surface area contributed by atoms with E-state index in [4.69, 9.17) is 0 Å². The summed E-state index contributed by atoms with van der Waals surface area (Å²) in [6, 6.07) is 3.56. The monoisotopic (exact) mass is 316 g/mol. The molecule has 3 fully saturated rings. The molecule has 1 amide bonds. The lowest BCUT2D eigenvalue weighted by molar-refractivity contribution is -0.123. The summed E-state index contributed by atoms with van der Waals surface area (Å²) in [7, 11) is 0.